The number of phenolic OH excluding ortho intramolecular Hbond substituents is 1. The molecule has 1 aliphatic rings. The van der Waals surface area contributed by atoms with E-state index in [2.05, 4.69) is 25.3 Å². The maximum Gasteiger partial charge on any atom is 0.238 e. The Hall–Kier alpha value is -3.01. The van der Waals surface area contributed by atoms with Crippen LogP contribution in [0.25, 0.3) is 11.2 Å². The SMILES string of the molecule is COc1cc(NC(=O)[C@H](Sc2nc(N)nc3nc[nH]c23)C2CCCCC2)ccc1O. The summed E-state index contributed by atoms with van der Waals surface area (Å²) in [5.41, 5.74) is 7.57. The number of hydrogen-bond donors (Lipinski definition) is 4. The largest absolute Gasteiger partial charge is 0.504 e. The van der Waals surface area contributed by atoms with Gasteiger partial charge in [-0.2, -0.15) is 4.98 Å². The number of carbonyl (C=O) groups is 1. The van der Waals surface area contributed by atoms with Crippen LogP contribution in [-0.2, 0) is 4.79 Å². The summed E-state index contributed by atoms with van der Waals surface area (Å²) in [4.78, 5) is 29.0. The number of methoxy groups -OCH3 is 1. The fraction of sp³-hybridized carbons (Fsp3) is 0.400. The number of nitrogens with zero attached hydrogens (tertiary/aromatic N) is 3. The lowest BCUT2D eigenvalue weighted by Gasteiger charge is -2.29. The maximum atomic E-state index is 13.3. The lowest BCUT2D eigenvalue weighted by Crippen LogP contribution is -2.33. The second-order valence-corrected chi connectivity index (χ2v) is 8.43. The first-order chi connectivity index (χ1) is 14.5. The number of H-pyrrole nitrogens is 1. The molecule has 158 valence electrons. The molecule has 0 aliphatic heterocycles. The van der Waals surface area contributed by atoms with Gasteiger partial charge in [-0.3, -0.25) is 4.79 Å². The van der Waals surface area contributed by atoms with Gasteiger partial charge in [0.25, 0.3) is 0 Å². The number of amides is 1. The van der Waals surface area contributed by atoms with E-state index in [1.54, 1.807) is 18.5 Å². The predicted octanol–water partition coefficient (Wildman–Crippen LogP) is 3.33. The molecule has 3 aromatic rings. The van der Waals surface area contributed by atoms with Gasteiger partial charge in [0.2, 0.25) is 11.9 Å². The lowest BCUT2D eigenvalue weighted by molar-refractivity contribution is -0.116. The smallest absolute Gasteiger partial charge is 0.238 e. The van der Waals surface area contributed by atoms with Gasteiger partial charge in [-0.15, -0.1) is 0 Å². The summed E-state index contributed by atoms with van der Waals surface area (Å²) >= 11 is 1.39. The van der Waals surface area contributed by atoms with Crippen molar-refractivity contribution in [3.05, 3.63) is 24.5 Å². The number of thioether (sulfide) groups is 1. The second-order valence-electron chi connectivity index (χ2n) is 7.30. The quantitative estimate of drug-likeness (QED) is 0.266. The Morgan fingerprint density at radius 1 is 1.33 bits per heavy atom. The number of phenols is 1. The minimum absolute atomic E-state index is 0.0202. The molecule has 2 aromatic heterocycles. The molecule has 1 fully saturated rings. The number of nitrogens with two attached hydrogens (primary N) is 1. The van der Waals surface area contributed by atoms with Crippen molar-refractivity contribution in [2.75, 3.05) is 18.2 Å². The fourth-order valence-electron chi connectivity index (χ4n) is 3.80. The number of imidazole rings is 1. The highest BCUT2D eigenvalue weighted by molar-refractivity contribution is 8.00. The average molecular weight is 429 g/mol. The number of ether oxygens (including phenoxy) is 1. The Morgan fingerprint density at radius 2 is 2.13 bits per heavy atom. The van der Waals surface area contributed by atoms with E-state index in [1.807, 2.05) is 0 Å². The van der Waals surface area contributed by atoms with E-state index >= 15 is 0 Å². The van der Waals surface area contributed by atoms with E-state index in [0.29, 0.717) is 27.6 Å². The second kappa shape index (κ2) is 8.78. The molecular formula is C20H24N6O3S. The van der Waals surface area contributed by atoms with E-state index in [0.717, 1.165) is 25.7 Å². The van der Waals surface area contributed by atoms with Crippen LogP contribution < -0.4 is 15.8 Å². The molecule has 4 rings (SSSR count). The van der Waals surface area contributed by atoms with Gasteiger partial charge in [-0.1, -0.05) is 31.0 Å². The molecule has 0 saturated heterocycles. The standard InChI is InChI=1S/C20H24N6O3S/c1-29-14-9-12(7-8-13(14)27)24-18(28)16(11-5-3-2-4-6-11)30-19-15-17(23-10-22-15)25-20(21)26-19/h7-11,16,27H,2-6H2,1H3,(H,24,28)(H3,21,22,23,25,26)/t16-/m1/s1. The van der Waals surface area contributed by atoms with E-state index in [4.69, 9.17) is 10.5 Å². The van der Waals surface area contributed by atoms with E-state index in [-0.39, 0.29) is 28.8 Å². The Morgan fingerprint density at radius 3 is 2.90 bits per heavy atom. The van der Waals surface area contributed by atoms with Crippen LogP contribution >= 0.6 is 11.8 Å². The van der Waals surface area contributed by atoms with Crippen LogP contribution in [0.3, 0.4) is 0 Å². The van der Waals surface area contributed by atoms with E-state index in [9.17, 15) is 9.90 Å². The number of nitrogen functional groups attached to an aromatic ring is 1. The van der Waals surface area contributed by atoms with Gasteiger partial charge >= 0.3 is 0 Å². The summed E-state index contributed by atoms with van der Waals surface area (Å²) in [6.45, 7) is 0. The van der Waals surface area contributed by atoms with Gasteiger partial charge in [-0.25, -0.2) is 9.97 Å². The van der Waals surface area contributed by atoms with Gasteiger partial charge in [0.05, 0.1) is 18.7 Å². The van der Waals surface area contributed by atoms with Crippen molar-refractivity contribution in [3.63, 3.8) is 0 Å². The molecule has 30 heavy (non-hydrogen) atoms. The number of fused-ring (bicyclic) bond motifs is 1. The number of hydrogen-bond acceptors (Lipinski definition) is 8. The summed E-state index contributed by atoms with van der Waals surface area (Å²) in [6, 6.07) is 4.75. The van der Waals surface area contributed by atoms with Gasteiger partial charge in [-0.05, 0) is 30.9 Å². The topological polar surface area (TPSA) is 139 Å². The van der Waals surface area contributed by atoms with Gasteiger partial charge in [0, 0.05) is 11.8 Å². The third-order valence-electron chi connectivity index (χ3n) is 5.29. The van der Waals surface area contributed by atoms with Crippen LogP contribution in [-0.4, -0.2) is 43.3 Å². The zero-order valence-electron chi connectivity index (χ0n) is 16.6. The molecule has 0 unspecified atom stereocenters. The van der Waals surface area contributed by atoms with Gasteiger partial charge in [0.15, 0.2) is 17.1 Å². The molecule has 1 aromatic carbocycles. The first kappa shape index (κ1) is 20.3. The number of aromatic hydroxyl groups is 1. The zero-order valence-corrected chi connectivity index (χ0v) is 17.4. The number of anilines is 2. The Balaban J connectivity index is 1.62. The normalized spacial score (nSPS) is 15.8. The Bertz CT molecular complexity index is 1050. The van der Waals surface area contributed by atoms with Gasteiger partial charge in [0.1, 0.15) is 10.5 Å². The van der Waals surface area contributed by atoms with Crippen molar-refractivity contribution in [1.82, 2.24) is 19.9 Å². The number of benzene rings is 1. The van der Waals surface area contributed by atoms with E-state index in [1.165, 1.54) is 31.4 Å². The first-order valence-electron chi connectivity index (χ1n) is 9.86. The maximum absolute atomic E-state index is 13.3. The lowest BCUT2D eigenvalue weighted by atomic mass is 9.86. The third kappa shape index (κ3) is 4.28. The van der Waals surface area contributed by atoms with Crippen molar-refractivity contribution in [1.29, 1.82) is 0 Å². The fourth-order valence-corrected chi connectivity index (χ4v) is 5.08. The molecule has 1 aliphatic carbocycles. The molecule has 1 amide bonds. The first-order valence-corrected chi connectivity index (χ1v) is 10.7. The highest BCUT2D eigenvalue weighted by atomic mass is 32.2. The van der Waals surface area contributed by atoms with Crippen molar-refractivity contribution < 1.29 is 14.6 Å². The summed E-state index contributed by atoms with van der Waals surface area (Å²) in [7, 11) is 1.47. The average Bonchev–Trinajstić information content (AvgIpc) is 3.22. The zero-order chi connectivity index (χ0) is 21.1. The molecule has 0 radical (unpaired) electrons. The Kier molecular flexibility index (Phi) is 5.93. The van der Waals surface area contributed by atoms with Crippen molar-refractivity contribution in [2.45, 2.75) is 42.4 Å². The summed E-state index contributed by atoms with van der Waals surface area (Å²) in [6.07, 6.45) is 6.91. The minimum atomic E-state index is -0.356. The Labute approximate surface area is 177 Å². The van der Waals surface area contributed by atoms with Crippen LogP contribution in [0.4, 0.5) is 11.6 Å². The highest BCUT2D eigenvalue weighted by Crippen LogP contribution is 2.38. The summed E-state index contributed by atoms with van der Waals surface area (Å²) < 4.78 is 5.14. The molecule has 2 heterocycles. The van der Waals surface area contributed by atoms with Crippen LogP contribution in [0, 0.1) is 5.92 Å². The monoisotopic (exact) mass is 428 g/mol. The van der Waals surface area contributed by atoms with Crippen molar-refractivity contribution >= 4 is 40.5 Å². The molecule has 1 saturated carbocycles. The summed E-state index contributed by atoms with van der Waals surface area (Å²) in [5, 5.41) is 13.0. The van der Waals surface area contributed by atoms with Gasteiger partial charge < -0.3 is 25.9 Å². The van der Waals surface area contributed by atoms with Crippen LogP contribution in [0.2, 0.25) is 0 Å². The van der Waals surface area contributed by atoms with Crippen molar-refractivity contribution in [3.8, 4) is 11.5 Å². The summed E-state index contributed by atoms with van der Waals surface area (Å²) in [5.74, 6) is 0.550. The van der Waals surface area contributed by atoms with Crippen LogP contribution in [0.5, 0.6) is 11.5 Å². The molecule has 0 spiro atoms. The van der Waals surface area contributed by atoms with Crippen LogP contribution in [0.1, 0.15) is 32.1 Å². The third-order valence-corrected chi connectivity index (χ3v) is 6.66. The minimum Gasteiger partial charge on any atom is -0.504 e. The number of rotatable bonds is 6. The molecular weight excluding hydrogens is 404 g/mol. The number of aromatic amines is 1. The van der Waals surface area contributed by atoms with Crippen LogP contribution in [0.15, 0.2) is 29.6 Å². The molecule has 1 atom stereocenters. The van der Waals surface area contributed by atoms with E-state index < -0.39 is 0 Å². The number of nitrogens with one attached hydrogen (secondary N) is 2. The number of aromatic nitrogens is 4. The van der Waals surface area contributed by atoms with Crippen molar-refractivity contribution in [2.24, 2.45) is 5.92 Å². The molecule has 0 bridgehead atoms. The highest BCUT2D eigenvalue weighted by Gasteiger charge is 2.32. The molecule has 10 heteroatoms. The molecule has 9 nitrogen and oxygen atoms in total. The molecule has 5 N–H and O–H groups in total. The predicted molar refractivity (Wildman–Crippen MR) is 116 cm³/mol. The number of carbonyl (C=O) groups excluding carboxylic acids is 1.